The lowest BCUT2D eigenvalue weighted by Gasteiger charge is -2.30. The van der Waals surface area contributed by atoms with E-state index < -0.39 is 21.8 Å². The van der Waals surface area contributed by atoms with Crippen molar-refractivity contribution >= 4 is 15.9 Å². The first-order valence-corrected chi connectivity index (χ1v) is 7.46. The number of carbonyl (C=O) groups excluding carboxylic acids is 1. The first kappa shape index (κ1) is 14.4. The number of nitrogens with two attached hydrogens (primary N) is 1. The molecule has 0 aromatic carbocycles. The summed E-state index contributed by atoms with van der Waals surface area (Å²) in [6.45, 7) is 4.72. The number of rotatable bonds is 4. The number of carbonyl (C=O) groups is 1. The van der Waals surface area contributed by atoms with Crippen LogP contribution in [0.1, 0.15) is 26.7 Å². The van der Waals surface area contributed by atoms with E-state index in [4.69, 9.17) is 5.84 Å². The van der Waals surface area contributed by atoms with Gasteiger partial charge in [-0.2, -0.15) is 0 Å². The molecule has 1 fully saturated rings. The predicted octanol–water partition coefficient (Wildman–Crippen LogP) is -0.326. The Bertz CT molecular complexity index is 369. The highest BCUT2D eigenvalue weighted by Crippen LogP contribution is 2.19. The van der Waals surface area contributed by atoms with Gasteiger partial charge in [0.05, 0.1) is 11.7 Å². The van der Waals surface area contributed by atoms with Gasteiger partial charge in [-0.3, -0.25) is 10.2 Å². The molecule has 0 saturated carbocycles. The molecule has 1 aliphatic rings. The molecule has 2 atom stereocenters. The number of amides is 1. The molecule has 0 aromatic rings. The van der Waals surface area contributed by atoms with Gasteiger partial charge in [0.1, 0.15) is 0 Å². The summed E-state index contributed by atoms with van der Waals surface area (Å²) >= 11 is 0. The number of nitrogens with zero attached hydrogens (tertiary/aromatic N) is 1. The smallest absolute Gasteiger partial charge is 0.237 e. The van der Waals surface area contributed by atoms with Crippen LogP contribution in [0.15, 0.2) is 0 Å². The normalized spacial score (nSPS) is 24.3. The largest absolute Gasteiger partial charge is 0.294 e. The summed E-state index contributed by atoms with van der Waals surface area (Å²) in [6.07, 6.45) is 1.95. The van der Waals surface area contributed by atoms with Crippen LogP contribution in [-0.4, -0.2) is 37.5 Å². The highest BCUT2D eigenvalue weighted by molar-refractivity contribution is 7.89. The molecule has 0 spiro atoms. The van der Waals surface area contributed by atoms with Crippen LogP contribution >= 0.6 is 0 Å². The minimum absolute atomic E-state index is 0.178. The van der Waals surface area contributed by atoms with E-state index in [9.17, 15) is 13.2 Å². The topological polar surface area (TPSA) is 92.5 Å². The fraction of sp³-hybridized carbons (Fsp3) is 0.900. The summed E-state index contributed by atoms with van der Waals surface area (Å²) < 4.78 is 25.6. The van der Waals surface area contributed by atoms with Crippen LogP contribution in [0.25, 0.3) is 0 Å². The van der Waals surface area contributed by atoms with Crippen LogP contribution in [0.4, 0.5) is 0 Å². The standard InChI is InChI=1S/C10H21N3O3S/c1-8-4-3-5-13(6-8)17(15,16)7-9(2)10(14)12-11/h8-9H,3-7,11H2,1-2H3,(H,12,14). The van der Waals surface area contributed by atoms with Crippen molar-refractivity contribution in [3.05, 3.63) is 0 Å². The number of hydrogen-bond acceptors (Lipinski definition) is 4. The van der Waals surface area contributed by atoms with Gasteiger partial charge in [-0.15, -0.1) is 0 Å². The van der Waals surface area contributed by atoms with Gasteiger partial charge in [0.15, 0.2) is 0 Å². The number of piperidine rings is 1. The van der Waals surface area contributed by atoms with E-state index in [0.717, 1.165) is 12.8 Å². The van der Waals surface area contributed by atoms with Crippen molar-refractivity contribution < 1.29 is 13.2 Å². The SMILES string of the molecule is CC1CCCN(S(=O)(=O)CC(C)C(=O)NN)C1. The van der Waals surface area contributed by atoms with E-state index in [1.165, 1.54) is 4.31 Å². The highest BCUT2D eigenvalue weighted by atomic mass is 32.2. The monoisotopic (exact) mass is 263 g/mol. The second-order valence-electron chi connectivity index (χ2n) is 4.79. The third kappa shape index (κ3) is 3.93. The van der Waals surface area contributed by atoms with Crippen LogP contribution in [0.2, 0.25) is 0 Å². The second kappa shape index (κ2) is 5.79. The van der Waals surface area contributed by atoms with Crippen molar-refractivity contribution in [2.45, 2.75) is 26.7 Å². The molecule has 6 nitrogen and oxygen atoms in total. The Hall–Kier alpha value is -0.660. The lowest BCUT2D eigenvalue weighted by molar-refractivity contribution is -0.123. The minimum Gasteiger partial charge on any atom is -0.294 e. The molecule has 100 valence electrons. The molecule has 0 aliphatic carbocycles. The van der Waals surface area contributed by atoms with Crippen LogP contribution in [0.3, 0.4) is 0 Å². The average molecular weight is 263 g/mol. The molecule has 7 heteroatoms. The summed E-state index contributed by atoms with van der Waals surface area (Å²) in [5.74, 6) is 4.12. The second-order valence-corrected chi connectivity index (χ2v) is 6.81. The van der Waals surface area contributed by atoms with Gasteiger partial charge in [-0.1, -0.05) is 13.8 Å². The quantitative estimate of drug-likeness (QED) is 0.413. The Labute approximate surface area is 103 Å². The third-order valence-corrected chi connectivity index (χ3v) is 5.10. The molecule has 1 aliphatic heterocycles. The van der Waals surface area contributed by atoms with Crippen molar-refractivity contribution in [3.8, 4) is 0 Å². The Morgan fingerprint density at radius 1 is 1.59 bits per heavy atom. The van der Waals surface area contributed by atoms with Gasteiger partial charge in [0.25, 0.3) is 0 Å². The van der Waals surface area contributed by atoms with Gasteiger partial charge < -0.3 is 0 Å². The lowest BCUT2D eigenvalue weighted by Crippen LogP contribution is -2.44. The van der Waals surface area contributed by atoms with Gasteiger partial charge in [0, 0.05) is 13.1 Å². The molecule has 0 radical (unpaired) electrons. The fourth-order valence-corrected chi connectivity index (χ4v) is 3.92. The molecular formula is C10H21N3O3S. The van der Waals surface area contributed by atoms with Crippen LogP contribution in [0, 0.1) is 11.8 Å². The van der Waals surface area contributed by atoms with E-state index in [1.807, 2.05) is 12.3 Å². The molecule has 17 heavy (non-hydrogen) atoms. The summed E-state index contributed by atoms with van der Waals surface area (Å²) in [4.78, 5) is 11.2. The number of sulfonamides is 1. The number of nitrogens with one attached hydrogen (secondary N) is 1. The van der Waals surface area contributed by atoms with Gasteiger partial charge in [-0.25, -0.2) is 18.6 Å². The van der Waals surface area contributed by atoms with E-state index in [2.05, 4.69) is 0 Å². The summed E-state index contributed by atoms with van der Waals surface area (Å²) in [6, 6.07) is 0. The zero-order valence-electron chi connectivity index (χ0n) is 10.3. The molecule has 1 saturated heterocycles. The molecular weight excluding hydrogens is 242 g/mol. The highest BCUT2D eigenvalue weighted by Gasteiger charge is 2.30. The molecule has 3 N–H and O–H groups in total. The maximum Gasteiger partial charge on any atom is 0.237 e. The minimum atomic E-state index is -3.35. The van der Waals surface area contributed by atoms with E-state index in [0.29, 0.717) is 19.0 Å². The van der Waals surface area contributed by atoms with E-state index in [1.54, 1.807) is 6.92 Å². The molecule has 1 heterocycles. The first-order valence-electron chi connectivity index (χ1n) is 5.85. The Morgan fingerprint density at radius 3 is 2.76 bits per heavy atom. The van der Waals surface area contributed by atoms with E-state index in [-0.39, 0.29) is 5.75 Å². The van der Waals surface area contributed by atoms with Crippen molar-refractivity contribution in [2.75, 3.05) is 18.8 Å². The van der Waals surface area contributed by atoms with Crippen molar-refractivity contribution in [1.82, 2.24) is 9.73 Å². The number of hydrogen-bond donors (Lipinski definition) is 2. The molecule has 1 rings (SSSR count). The van der Waals surface area contributed by atoms with Gasteiger partial charge in [-0.05, 0) is 18.8 Å². The molecule has 2 unspecified atom stereocenters. The maximum absolute atomic E-state index is 12.1. The maximum atomic E-state index is 12.1. The molecule has 1 amide bonds. The first-order chi connectivity index (χ1) is 7.86. The lowest BCUT2D eigenvalue weighted by atomic mass is 10.0. The average Bonchev–Trinajstić information content (AvgIpc) is 2.27. The van der Waals surface area contributed by atoms with Crippen molar-refractivity contribution in [1.29, 1.82) is 0 Å². The van der Waals surface area contributed by atoms with Crippen LogP contribution < -0.4 is 11.3 Å². The Kier molecular flexibility index (Phi) is 4.91. The summed E-state index contributed by atoms with van der Waals surface area (Å²) in [7, 11) is -3.35. The summed E-state index contributed by atoms with van der Waals surface area (Å²) in [5.41, 5.74) is 1.98. The van der Waals surface area contributed by atoms with E-state index >= 15 is 0 Å². The summed E-state index contributed by atoms with van der Waals surface area (Å²) in [5, 5.41) is 0. The Morgan fingerprint density at radius 2 is 2.24 bits per heavy atom. The van der Waals surface area contributed by atoms with Gasteiger partial charge >= 0.3 is 0 Å². The van der Waals surface area contributed by atoms with Crippen LogP contribution in [-0.2, 0) is 14.8 Å². The van der Waals surface area contributed by atoms with Crippen molar-refractivity contribution in [2.24, 2.45) is 17.7 Å². The number of hydrazine groups is 1. The zero-order valence-corrected chi connectivity index (χ0v) is 11.2. The fourth-order valence-electron chi connectivity index (χ4n) is 2.04. The predicted molar refractivity (Wildman–Crippen MR) is 65.3 cm³/mol. The third-order valence-electron chi connectivity index (χ3n) is 3.06. The molecule has 0 aromatic heterocycles. The molecule has 0 bridgehead atoms. The van der Waals surface area contributed by atoms with Crippen LogP contribution in [0.5, 0.6) is 0 Å². The van der Waals surface area contributed by atoms with Gasteiger partial charge in [0.2, 0.25) is 15.9 Å². The van der Waals surface area contributed by atoms with Crippen molar-refractivity contribution in [3.63, 3.8) is 0 Å². The zero-order chi connectivity index (χ0) is 13.1. The Balaban J connectivity index is 2.64.